The van der Waals surface area contributed by atoms with Crippen LogP contribution in [0.15, 0.2) is 36.0 Å². The van der Waals surface area contributed by atoms with Gasteiger partial charge < -0.3 is 25.8 Å². The lowest BCUT2D eigenvalue weighted by Crippen LogP contribution is -2.33. The van der Waals surface area contributed by atoms with E-state index in [1.807, 2.05) is 0 Å². The van der Waals surface area contributed by atoms with Crippen LogP contribution in [-0.2, 0) is 4.74 Å². The lowest BCUT2D eigenvalue weighted by Gasteiger charge is -2.18. The van der Waals surface area contributed by atoms with Crippen molar-refractivity contribution in [3.63, 3.8) is 0 Å². The standard InChI is InChI=1S/C16H18N8O4/c17-13-10-14(20-7-19-13)24(15-12(27)11(26)9(6-25)28-15)16(22-10)23-21-5-8-1-3-18-4-2-8/h1-5,7,9,11-12,15,25-27H,6H2,(H,22,23)(H2,17,19,20)/b21-5-/t9-,11+,12+,15+/m0/s1. The predicted octanol–water partition coefficient (Wildman–Crippen LogP) is -1.14. The first-order valence-corrected chi connectivity index (χ1v) is 8.40. The van der Waals surface area contributed by atoms with Crippen LogP contribution in [0.3, 0.4) is 0 Å². The van der Waals surface area contributed by atoms with E-state index >= 15 is 0 Å². The van der Waals surface area contributed by atoms with Crippen LogP contribution >= 0.6 is 0 Å². The summed E-state index contributed by atoms with van der Waals surface area (Å²) in [4.78, 5) is 16.3. The second-order valence-corrected chi connectivity index (χ2v) is 6.12. The number of pyridine rings is 1. The Morgan fingerprint density at radius 2 is 2.04 bits per heavy atom. The van der Waals surface area contributed by atoms with E-state index in [0.717, 1.165) is 5.56 Å². The molecule has 6 N–H and O–H groups in total. The van der Waals surface area contributed by atoms with Crippen LogP contribution in [0.4, 0.5) is 11.8 Å². The van der Waals surface area contributed by atoms with Crippen molar-refractivity contribution < 1.29 is 20.1 Å². The normalized spacial score (nSPS) is 25.0. The number of rotatable bonds is 5. The lowest BCUT2D eigenvalue weighted by atomic mass is 10.1. The molecule has 0 unspecified atom stereocenters. The smallest absolute Gasteiger partial charge is 0.228 e. The van der Waals surface area contributed by atoms with Crippen LogP contribution in [0, 0.1) is 0 Å². The van der Waals surface area contributed by atoms with Crippen molar-refractivity contribution in [1.82, 2.24) is 24.5 Å². The summed E-state index contributed by atoms with van der Waals surface area (Å²) >= 11 is 0. The molecule has 146 valence electrons. The van der Waals surface area contributed by atoms with Gasteiger partial charge in [-0.3, -0.25) is 9.55 Å². The zero-order valence-electron chi connectivity index (χ0n) is 14.5. The van der Waals surface area contributed by atoms with E-state index < -0.39 is 31.1 Å². The SMILES string of the molecule is Nc1ncnc2c1nc(N/N=C\c1ccncc1)n2[C@@H]1O[C@@H](CO)[C@@H](O)[C@H]1O. The fraction of sp³-hybridized carbons (Fsp3) is 0.312. The van der Waals surface area contributed by atoms with Crippen LogP contribution in [0.25, 0.3) is 11.2 Å². The molecule has 3 aromatic rings. The number of nitrogen functional groups attached to an aromatic ring is 1. The van der Waals surface area contributed by atoms with Gasteiger partial charge in [-0.25, -0.2) is 20.4 Å². The average Bonchev–Trinajstić information content (AvgIpc) is 3.21. The molecule has 1 aliphatic rings. The third-order valence-electron chi connectivity index (χ3n) is 4.36. The van der Waals surface area contributed by atoms with Gasteiger partial charge in [0.2, 0.25) is 5.95 Å². The quantitative estimate of drug-likeness (QED) is 0.266. The molecule has 0 aliphatic carbocycles. The van der Waals surface area contributed by atoms with E-state index in [9.17, 15) is 15.3 Å². The van der Waals surface area contributed by atoms with E-state index in [4.69, 9.17) is 10.5 Å². The highest BCUT2D eigenvalue weighted by Gasteiger charge is 2.45. The van der Waals surface area contributed by atoms with Gasteiger partial charge in [-0.15, -0.1) is 0 Å². The molecule has 1 fully saturated rings. The third kappa shape index (κ3) is 3.14. The summed E-state index contributed by atoms with van der Waals surface area (Å²) in [7, 11) is 0. The number of imidazole rings is 1. The molecule has 0 saturated carbocycles. The summed E-state index contributed by atoms with van der Waals surface area (Å²) in [5.74, 6) is 0.305. The Morgan fingerprint density at radius 1 is 1.25 bits per heavy atom. The van der Waals surface area contributed by atoms with Crippen molar-refractivity contribution in [1.29, 1.82) is 0 Å². The minimum Gasteiger partial charge on any atom is -0.394 e. The number of hydrazone groups is 1. The number of hydrogen-bond donors (Lipinski definition) is 5. The van der Waals surface area contributed by atoms with Crippen LogP contribution in [-0.4, -0.2) is 71.0 Å². The Hall–Kier alpha value is -3.19. The lowest BCUT2D eigenvalue weighted by molar-refractivity contribution is -0.0501. The van der Waals surface area contributed by atoms with Gasteiger partial charge in [0.15, 0.2) is 23.2 Å². The summed E-state index contributed by atoms with van der Waals surface area (Å²) in [5.41, 5.74) is 10.0. The molecule has 4 rings (SSSR count). The first kappa shape index (κ1) is 18.2. The number of fused-ring (bicyclic) bond motifs is 1. The number of aliphatic hydroxyl groups is 3. The fourth-order valence-corrected chi connectivity index (χ4v) is 2.95. The van der Waals surface area contributed by atoms with E-state index in [0.29, 0.717) is 0 Å². The Balaban J connectivity index is 1.73. The second kappa shape index (κ2) is 7.44. The monoisotopic (exact) mass is 386 g/mol. The number of hydrogen-bond acceptors (Lipinski definition) is 11. The molecular formula is C16H18N8O4. The van der Waals surface area contributed by atoms with E-state index in [1.54, 1.807) is 30.7 Å². The summed E-state index contributed by atoms with van der Waals surface area (Å²) in [6.45, 7) is -0.457. The molecule has 3 aromatic heterocycles. The predicted molar refractivity (Wildman–Crippen MR) is 98.2 cm³/mol. The van der Waals surface area contributed by atoms with Gasteiger partial charge in [0.1, 0.15) is 24.6 Å². The molecule has 4 atom stereocenters. The first-order chi connectivity index (χ1) is 13.6. The number of aromatic nitrogens is 5. The highest BCUT2D eigenvalue weighted by molar-refractivity contribution is 5.84. The molecular weight excluding hydrogens is 368 g/mol. The molecule has 12 nitrogen and oxygen atoms in total. The fourth-order valence-electron chi connectivity index (χ4n) is 2.95. The minimum atomic E-state index is -1.32. The molecule has 0 amide bonds. The Labute approximate surface area is 158 Å². The maximum Gasteiger partial charge on any atom is 0.228 e. The summed E-state index contributed by atoms with van der Waals surface area (Å²) in [5, 5.41) is 34.0. The van der Waals surface area contributed by atoms with Crippen LogP contribution in [0.2, 0.25) is 0 Å². The van der Waals surface area contributed by atoms with Gasteiger partial charge in [-0.05, 0) is 17.7 Å². The molecule has 0 spiro atoms. The number of nitrogens with zero attached hydrogens (tertiary/aromatic N) is 6. The Morgan fingerprint density at radius 3 is 2.75 bits per heavy atom. The van der Waals surface area contributed by atoms with E-state index in [-0.39, 0.29) is 22.9 Å². The van der Waals surface area contributed by atoms with Gasteiger partial charge >= 0.3 is 0 Å². The van der Waals surface area contributed by atoms with Crippen molar-refractivity contribution >= 4 is 29.1 Å². The van der Waals surface area contributed by atoms with Crippen LogP contribution in [0.1, 0.15) is 11.8 Å². The number of aliphatic hydroxyl groups excluding tert-OH is 3. The zero-order chi connectivity index (χ0) is 19.7. The highest BCUT2D eigenvalue weighted by Crippen LogP contribution is 2.35. The van der Waals surface area contributed by atoms with Crippen molar-refractivity contribution in [2.24, 2.45) is 5.10 Å². The number of anilines is 2. The first-order valence-electron chi connectivity index (χ1n) is 8.40. The maximum atomic E-state index is 10.4. The molecule has 1 aliphatic heterocycles. The van der Waals surface area contributed by atoms with Gasteiger partial charge in [-0.1, -0.05) is 0 Å². The average molecular weight is 386 g/mol. The summed E-state index contributed by atoms with van der Waals surface area (Å²) in [6.07, 6.45) is 1.45. The molecule has 0 bridgehead atoms. The molecule has 12 heteroatoms. The van der Waals surface area contributed by atoms with Crippen LogP contribution in [0.5, 0.6) is 0 Å². The third-order valence-corrected chi connectivity index (χ3v) is 4.36. The van der Waals surface area contributed by atoms with Crippen molar-refractivity contribution in [3.8, 4) is 0 Å². The maximum absolute atomic E-state index is 10.4. The Bertz CT molecular complexity index is 995. The second-order valence-electron chi connectivity index (χ2n) is 6.12. The number of ether oxygens (including phenoxy) is 1. The number of nitrogens with one attached hydrogen (secondary N) is 1. The summed E-state index contributed by atoms with van der Waals surface area (Å²) in [6, 6.07) is 3.54. The highest BCUT2D eigenvalue weighted by atomic mass is 16.6. The molecule has 0 radical (unpaired) electrons. The van der Waals surface area contributed by atoms with E-state index in [1.165, 1.54) is 10.9 Å². The van der Waals surface area contributed by atoms with Crippen molar-refractivity contribution in [2.75, 3.05) is 17.8 Å². The molecule has 1 saturated heterocycles. The largest absolute Gasteiger partial charge is 0.394 e. The van der Waals surface area contributed by atoms with E-state index in [2.05, 4.69) is 30.5 Å². The molecule has 4 heterocycles. The topological polar surface area (TPSA) is 177 Å². The van der Waals surface area contributed by atoms with Gasteiger partial charge in [0, 0.05) is 12.4 Å². The van der Waals surface area contributed by atoms with Gasteiger partial charge in [-0.2, -0.15) is 5.10 Å². The molecule has 0 aromatic carbocycles. The molecule has 28 heavy (non-hydrogen) atoms. The minimum absolute atomic E-state index is 0.136. The van der Waals surface area contributed by atoms with Crippen molar-refractivity contribution in [2.45, 2.75) is 24.5 Å². The Kier molecular flexibility index (Phi) is 4.83. The number of nitrogens with two attached hydrogens (primary N) is 1. The summed E-state index contributed by atoms with van der Waals surface area (Å²) < 4.78 is 7.02. The van der Waals surface area contributed by atoms with Crippen molar-refractivity contribution in [3.05, 3.63) is 36.4 Å². The van der Waals surface area contributed by atoms with Gasteiger partial charge in [0.25, 0.3) is 0 Å². The zero-order valence-corrected chi connectivity index (χ0v) is 14.5. The van der Waals surface area contributed by atoms with Crippen LogP contribution < -0.4 is 11.2 Å². The van der Waals surface area contributed by atoms with Gasteiger partial charge in [0.05, 0.1) is 12.8 Å².